The molecule has 3 aromatic rings. The first-order valence-corrected chi connectivity index (χ1v) is 13.2. The number of hydrogen-bond acceptors (Lipinski definition) is 2. The van der Waals surface area contributed by atoms with E-state index in [1.54, 1.807) is 12.1 Å². The van der Waals surface area contributed by atoms with Crippen LogP contribution in [-0.2, 0) is 16.9 Å². The van der Waals surface area contributed by atoms with Crippen molar-refractivity contribution >= 4 is 5.91 Å². The summed E-state index contributed by atoms with van der Waals surface area (Å²) in [5.74, 6) is 0.0340. The SMILES string of the molecule is CC(NC(=O)[C@H]1CCCC[C@@H]1c1ccc(CN(C)C(C)(C)c2ccccc2)cc1)c1ccc(F)cc1. The molecule has 1 aliphatic carbocycles. The van der Waals surface area contributed by atoms with Crippen molar-refractivity contribution in [2.24, 2.45) is 5.92 Å². The van der Waals surface area contributed by atoms with Crippen LogP contribution in [0.3, 0.4) is 0 Å². The van der Waals surface area contributed by atoms with Crippen molar-refractivity contribution in [2.75, 3.05) is 7.05 Å². The molecule has 1 saturated carbocycles. The summed E-state index contributed by atoms with van der Waals surface area (Å²) in [5.41, 5.74) is 4.66. The predicted molar refractivity (Wildman–Crippen MR) is 145 cm³/mol. The Morgan fingerprint density at radius 2 is 1.61 bits per heavy atom. The average molecular weight is 487 g/mol. The Morgan fingerprint density at radius 1 is 0.972 bits per heavy atom. The van der Waals surface area contributed by atoms with E-state index >= 15 is 0 Å². The third-order valence-corrected chi connectivity index (χ3v) is 8.09. The zero-order valence-corrected chi connectivity index (χ0v) is 22.0. The lowest BCUT2D eigenvalue weighted by Gasteiger charge is -2.36. The molecule has 1 N–H and O–H groups in total. The molecule has 36 heavy (non-hydrogen) atoms. The first kappa shape index (κ1) is 26.1. The summed E-state index contributed by atoms with van der Waals surface area (Å²) in [5, 5.41) is 3.19. The Hall–Kier alpha value is -2.98. The van der Waals surface area contributed by atoms with Gasteiger partial charge in [0.15, 0.2) is 0 Å². The Kier molecular flexibility index (Phi) is 8.25. The molecule has 190 valence electrons. The molecule has 0 heterocycles. The highest BCUT2D eigenvalue weighted by atomic mass is 19.1. The molecule has 3 aromatic carbocycles. The average Bonchev–Trinajstić information content (AvgIpc) is 2.90. The number of benzene rings is 3. The standard InChI is InChI=1S/C32H39FN2O/c1-23(25-18-20-28(33)21-19-25)34-31(36)30-13-9-8-12-29(30)26-16-14-24(15-17-26)22-35(4)32(2,3)27-10-6-5-7-11-27/h5-7,10-11,14-21,23,29-30H,8-9,12-13,22H2,1-4H3,(H,34,36)/t23?,29-,30+/m1/s1. The summed E-state index contributed by atoms with van der Waals surface area (Å²) in [6.07, 6.45) is 4.17. The number of hydrogen-bond donors (Lipinski definition) is 1. The molecule has 3 atom stereocenters. The normalized spacial score (nSPS) is 19.2. The van der Waals surface area contributed by atoms with Gasteiger partial charge in [-0.15, -0.1) is 0 Å². The van der Waals surface area contributed by atoms with Crippen molar-refractivity contribution in [3.63, 3.8) is 0 Å². The monoisotopic (exact) mass is 486 g/mol. The van der Waals surface area contributed by atoms with Gasteiger partial charge in [-0.1, -0.05) is 79.6 Å². The summed E-state index contributed by atoms with van der Waals surface area (Å²) in [6, 6.07) is 25.7. The molecule has 0 saturated heterocycles. The van der Waals surface area contributed by atoms with Crippen LogP contribution >= 0.6 is 0 Å². The number of carbonyl (C=O) groups excluding carboxylic acids is 1. The van der Waals surface area contributed by atoms with Crippen molar-refractivity contribution < 1.29 is 9.18 Å². The van der Waals surface area contributed by atoms with Crippen LogP contribution in [0.1, 0.15) is 80.7 Å². The molecule has 4 rings (SSSR count). The maximum atomic E-state index is 13.3. The van der Waals surface area contributed by atoms with Crippen LogP contribution in [0.15, 0.2) is 78.9 Å². The minimum Gasteiger partial charge on any atom is -0.349 e. The van der Waals surface area contributed by atoms with Gasteiger partial charge in [0.1, 0.15) is 5.82 Å². The van der Waals surface area contributed by atoms with E-state index in [9.17, 15) is 9.18 Å². The highest BCUT2D eigenvalue weighted by Crippen LogP contribution is 2.38. The second-order valence-electron chi connectivity index (χ2n) is 10.8. The first-order valence-electron chi connectivity index (χ1n) is 13.2. The van der Waals surface area contributed by atoms with Crippen molar-refractivity contribution in [1.82, 2.24) is 10.2 Å². The molecule has 3 nitrogen and oxygen atoms in total. The van der Waals surface area contributed by atoms with Crippen LogP contribution in [-0.4, -0.2) is 17.9 Å². The van der Waals surface area contributed by atoms with Gasteiger partial charge in [0.05, 0.1) is 6.04 Å². The van der Waals surface area contributed by atoms with Gasteiger partial charge in [-0.3, -0.25) is 9.69 Å². The van der Waals surface area contributed by atoms with E-state index in [2.05, 4.69) is 85.7 Å². The van der Waals surface area contributed by atoms with Crippen molar-refractivity contribution in [1.29, 1.82) is 0 Å². The number of halogens is 1. The van der Waals surface area contributed by atoms with Crippen LogP contribution in [0.4, 0.5) is 4.39 Å². The number of carbonyl (C=O) groups is 1. The van der Waals surface area contributed by atoms with E-state index in [1.165, 1.54) is 28.8 Å². The maximum Gasteiger partial charge on any atom is 0.224 e. The lowest BCUT2D eigenvalue weighted by Crippen LogP contribution is -2.38. The smallest absolute Gasteiger partial charge is 0.224 e. The molecule has 4 heteroatoms. The molecule has 0 aromatic heterocycles. The number of nitrogens with one attached hydrogen (secondary N) is 1. The van der Waals surface area contributed by atoms with Gasteiger partial charge in [0, 0.05) is 18.0 Å². The molecular formula is C32H39FN2O. The van der Waals surface area contributed by atoms with E-state index in [0.29, 0.717) is 0 Å². The molecule has 0 bridgehead atoms. The molecule has 0 aliphatic heterocycles. The summed E-state index contributed by atoms with van der Waals surface area (Å²) in [4.78, 5) is 15.7. The lowest BCUT2D eigenvalue weighted by atomic mass is 9.74. The van der Waals surface area contributed by atoms with E-state index in [0.717, 1.165) is 37.8 Å². The van der Waals surface area contributed by atoms with Gasteiger partial charge < -0.3 is 5.32 Å². The van der Waals surface area contributed by atoms with Gasteiger partial charge in [0.25, 0.3) is 0 Å². The summed E-state index contributed by atoms with van der Waals surface area (Å²) >= 11 is 0. The Balaban J connectivity index is 1.42. The van der Waals surface area contributed by atoms with E-state index in [1.807, 2.05) is 6.92 Å². The van der Waals surface area contributed by atoms with E-state index in [-0.39, 0.29) is 35.1 Å². The van der Waals surface area contributed by atoms with Crippen molar-refractivity contribution in [2.45, 2.75) is 70.5 Å². The first-order chi connectivity index (χ1) is 17.3. The second kappa shape index (κ2) is 11.4. The lowest BCUT2D eigenvalue weighted by molar-refractivity contribution is -0.127. The fourth-order valence-corrected chi connectivity index (χ4v) is 5.41. The molecule has 0 radical (unpaired) electrons. The summed E-state index contributed by atoms with van der Waals surface area (Å²) < 4.78 is 13.3. The molecule has 1 fully saturated rings. The fourth-order valence-electron chi connectivity index (χ4n) is 5.41. The van der Waals surface area contributed by atoms with Crippen LogP contribution in [0.25, 0.3) is 0 Å². The van der Waals surface area contributed by atoms with Gasteiger partial charge >= 0.3 is 0 Å². The molecule has 1 unspecified atom stereocenters. The van der Waals surface area contributed by atoms with Crippen LogP contribution in [0.2, 0.25) is 0 Å². The molecule has 1 aliphatic rings. The second-order valence-corrected chi connectivity index (χ2v) is 10.8. The predicted octanol–water partition coefficient (Wildman–Crippen LogP) is 7.34. The molecular weight excluding hydrogens is 447 g/mol. The third kappa shape index (κ3) is 6.04. The van der Waals surface area contributed by atoms with E-state index in [4.69, 9.17) is 0 Å². The van der Waals surface area contributed by atoms with Gasteiger partial charge in [-0.2, -0.15) is 0 Å². The highest BCUT2D eigenvalue weighted by Gasteiger charge is 2.33. The topological polar surface area (TPSA) is 32.3 Å². The fraction of sp³-hybridized carbons (Fsp3) is 0.406. The number of nitrogens with zero attached hydrogens (tertiary/aromatic N) is 1. The van der Waals surface area contributed by atoms with Crippen LogP contribution in [0, 0.1) is 11.7 Å². The van der Waals surface area contributed by atoms with Gasteiger partial charge in [0.2, 0.25) is 5.91 Å². The van der Waals surface area contributed by atoms with Crippen LogP contribution in [0.5, 0.6) is 0 Å². The highest BCUT2D eigenvalue weighted by molar-refractivity contribution is 5.80. The minimum absolute atomic E-state index is 0.0350. The Bertz CT molecular complexity index is 1130. The number of rotatable bonds is 8. The molecule has 1 amide bonds. The van der Waals surface area contributed by atoms with Gasteiger partial charge in [-0.05, 0) is 81.0 Å². The summed E-state index contributed by atoms with van der Waals surface area (Å²) in [6.45, 7) is 7.33. The van der Waals surface area contributed by atoms with E-state index < -0.39 is 0 Å². The quantitative estimate of drug-likeness (QED) is 0.361. The zero-order valence-electron chi connectivity index (χ0n) is 22.0. The van der Waals surface area contributed by atoms with Crippen molar-refractivity contribution in [3.05, 3.63) is 107 Å². The van der Waals surface area contributed by atoms with Crippen molar-refractivity contribution in [3.8, 4) is 0 Å². The van der Waals surface area contributed by atoms with Crippen LogP contribution < -0.4 is 5.32 Å². The Morgan fingerprint density at radius 3 is 2.28 bits per heavy atom. The largest absolute Gasteiger partial charge is 0.349 e. The minimum atomic E-state index is -0.261. The maximum absolute atomic E-state index is 13.3. The zero-order chi connectivity index (χ0) is 25.7. The Labute approximate surface area is 215 Å². The third-order valence-electron chi connectivity index (χ3n) is 8.09. The molecule has 0 spiro atoms. The summed E-state index contributed by atoms with van der Waals surface area (Å²) in [7, 11) is 2.17. The number of amides is 1. The van der Waals surface area contributed by atoms with Gasteiger partial charge in [-0.25, -0.2) is 4.39 Å².